The van der Waals surface area contributed by atoms with Crippen LogP contribution in [0.4, 0.5) is 0 Å². The van der Waals surface area contributed by atoms with E-state index < -0.39 is 40.0 Å². The third-order valence-corrected chi connectivity index (χ3v) is 6.00. The number of hydrogen-bond acceptors (Lipinski definition) is 4. The summed E-state index contributed by atoms with van der Waals surface area (Å²) in [6.07, 6.45) is 0. The van der Waals surface area contributed by atoms with Crippen LogP contribution >= 0.6 is 0 Å². The van der Waals surface area contributed by atoms with E-state index >= 15 is 0 Å². The minimum Gasteiger partial charge on any atom is -2.00 e. The first-order valence-corrected chi connectivity index (χ1v) is 6.93. The zero-order chi connectivity index (χ0) is 5.66. The monoisotopic (exact) mass is 256 g/mol. The SMILES string of the molecule is O1[SiH2]O[SiH2]O[SiH2]O[SiH2]1.[Fe+2].[O-2]. The molecule has 1 aliphatic rings. The summed E-state index contributed by atoms with van der Waals surface area (Å²) >= 11 is 0. The van der Waals surface area contributed by atoms with E-state index in [1.54, 1.807) is 0 Å². The molecular weight excluding hydrogens is 248 g/mol. The van der Waals surface area contributed by atoms with Crippen molar-refractivity contribution in [3.05, 3.63) is 0 Å². The van der Waals surface area contributed by atoms with Gasteiger partial charge in [-0.25, -0.2) is 0 Å². The molecule has 1 saturated heterocycles. The van der Waals surface area contributed by atoms with Gasteiger partial charge in [-0.3, -0.25) is 0 Å². The van der Waals surface area contributed by atoms with E-state index in [-0.39, 0.29) is 22.5 Å². The fourth-order valence-electron chi connectivity index (χ4n) is 0.372. The smallest absolute Gasteiger partial charge is 2.00 e. The van der Waals surface area contributed by atoms with Crippen LogP contribution in [0.1, 0.15) is 0 Å². The van der Waals surface area contributed by atoms with Gasteiger partial charge in [0.1, 0.15) is 0 Å². The summed E-state index contributed by atoms with van der Waals surface area (Å²) in [5.41, 5.74) is 0. The van der Waals surface area contributed by atoms with Gasteiger partial charge in [-0.15, -0.1) is 0 Å². The normalized spacial score (nSPS) is 28.8. The van der Waals surface area contributed by atoms with E-state index in [4.69, 9.17) is 16.5 Å². The topological polar surface area (TPSA) is 65.4 Å². The summed E-state index contributed by atoms with van der Waals surface area (Å²) in [7, 11) is -2.61. The van der Waals surface area contributed by atoms with Gasteiger partial charge in [0.2, 0.25) is 0 Å². The Kier molecular flexibility index (Phi) is 14.0. The predicted octanol–water partition coefficient (Wildman–Crippen LogP) is -4.06. The van der Waals surface area contributed by atoms with E-state index in [1.807, 2.05) is 0 Å². The minimum atomic E-state index is -0.653. The van der Waals surface area contributed by atoms with Gasteiger partial charge in [-0.2, -0.15) is 0 Å². The molecule has 1 rings (SSSR count). The maximum absolute atomic E-state index is 5.10. The van der Waals surface area contributed by atoms with Gasteiger partial charge in [-0.05, 0) is 0 Å². The Bertz CT molecular complexity index is 37.6. The maximum atomic E-state index is 5.10. The molecule has 0 aromatic rings. The van der Waals surface area contributed by atoms with Crippen molar-refractivity contribution in [1.82, 2.24) is 0 Å². The molecule has 0 amide bonds. The molecule has 62 valence electrons. The summed E-state index contributed by atoms with van der Waals surface area (Å²) in [5.74, 6) is 0. The van der Waals surface area contributed by atoms with E-state index in [0.29, 0.717) is 0 Å². The molecule has 0 aliphatic carbocycles. The van der Waals surface area contributed by atoms with Gasteiger partial charge in [0.05, 0.1) is 0 Å². The van der Waals surface area contributed by atoms with Crippen LogP contribution in [0.3, 0.4) is 0 Å². The summed E-state index contributed by atoms with van der Waals surface area (Å²) in [4.78, 5) is 0. The van der Waals surface area contributed by atoms with Gasteiger partial charge in [0.15, 0.2) is 0 Å². The van der Waals surface area contributed by atoms with Crippen molar-refractivity contribution in [2.75, 3.05) is 0 Å². The van der Waals surface area contributed by atoms with Crippen LogP contribution in [0.2, 0.25) is 0 Å². The van der Waals surface area contributed by atoms with Crippen molar-refractivity contribution >= 4 is 40.0 Å². The summed E-state index contributed by atoms with van der Waals surface area (Å²) in [5, 5.41) is 0. The van der Waals surface area contributed by atoms with Crippen LogP contribution in [0.15, 0.2) is 0 Å². The third-order valence-electron chi connectivity index (χ3n) is 0.667. The fraction of sp³-hybridized carbons (Fsp3) is 0. The average Bonchev–Trinajstić information content (AvgIpc) is 1.62. The van der Waals surface area contributed by atoms with Crippen LogP contribution in [0.5, 0.6) is 0 Å². The van der Waals surface area contributed by atoms with E-state index in [1.165, 1.54) is 0 Å². The molecule has 0 atom stereocenters. The largest absolute Gasteiger partial charge is 2.00 e. The first-order chi connectivity index (χ1) is 4.00. The zero-order valence-electron chi connectivity index (χ0n) is 5.22. The van der Waals surface area contributed by atoms with Gasteiger partial charge in [-0.1, -0.05) is 0 Å². The van der Waals surface area contributed by atoms with Crippen molar-refractivity contribution in [1.29, 1.82) is 0 Å². The predicted molar refractivity (Wildman–Crippen MR) is 39.2 cm³/mol. The standard InChI is InChI=1S/Fe.H8O4Si4.O/c;1-5-2-7-4-8-3-6-1;/h;5-8H2;/q+2;;-2. The summed E-state index contributed by atoms with van der Waals surface area (Å²) in [6, 6.07) is 0. The number of hydrogen-bond donors (Lipinski definition) is 0. The van der Waals surface area contributed by atoms with Gasteiger partial charge < -0.3 is 21.9 Å². The molecule has 0 saturated carbocycles. The molecule has 1 aliphatic heterocycles. The molecule has 1 fully saturated rings. The molecule has 0 aromatic carbocycles. The van der Waals surface area contributed by atoms with Gasteiger partial charge >= 0.3 is 17.1 Å². The van der Waals surface area contributed by atoms with E-state index in [9.17, 15) is 0 Å². The maximum Gasteiger partial charge on any atom is 2.00 e. The second-order valence-electron chi connectivity index (χ2n) is 1.29. The Morgan fingerprint density at radius 3 is 1.00 bits per heavy atom. The van der Waals surface area contributed by atoms with Gasteiger partial charge in [0, 0.05) is 0 Å². The van der Waals surface area contributed by atoms with Crippen LogP contribution in [0, 0.1) is 0 Å². The van der Waals surface area contributed by atoms with Crippen LogP contribution < -0.4 is 0 Å². The quantitative estimate of drug-likeness (QED) is 0.414. The molecule has 1 heterocycles. The van der Waals surface area contributed by atoms with Crippen LogP contribution in [-0.2, 0) is 39.0 Å². The molecule has 0 N–H and O–H groups in total. The molecule has 0 bridgehead atoms. The van der Waals surface area contributed by atoms with E-state index in [2.05, 4.69) is 0 Å². The summed E-state index contributed by atoms with van der Waals surface area (Å²) < 4.78 is 20.4. The van der Waals surface area contributed by atoms with Gasteiger partial charge in [0.25, 0.3) is 40.0 Å². The second-order valence-corrected chi connectivity index (χ2v) is 8.76. The van der Waals surface area contributed by atoms with Crippen molar-refractivity contribution in [3.63, 3.8) is 0 Å². The Morgan fingerprint density at radius 1 is 0.600 bits per heavy atom. The molecule has 0 radical (unpaired) electrons. The third kappa shape index (κ3) is 7.30. The van der Waals surface area contributed by atoms with E-state index in [0.717, 1.165) is 0 Å². The average molecular weight is 256 g/mol. The Labute approximate surface area is 79.2 Å². The molecule has 0 unspecified atom stereocenters. The summed E-state index contributed by atoms with van der Waals surface area (Å²) in [6.45, 7) is 0. The first-order valence-electron chi connectivity index (χ1n) is 2.31. The first kappa shape index (κ1) is 13.8. The van der Waals surface area contributed by atoms with Crippen LogP contribution in [0.25, 0.3) is 0 Å². The Balaban J connectivity index is 0. The molecule has 5 nitrogen and oxygen atoms in total. The zero-order valence-corrected chi connectivity index (χ0v) is 12.0. The minimum absolute atomic E-state index is 0. The Hall–Kier alpha value is 1.19. The van der Waals surface area contributed by atoms with Crippen molar-refractivity contribution in [2.45, 2.75) is 0 Å². The number of rotatable bonds is 0. The molecule has 10 heteroatoms. The molecule has 0 spiro atoms. The molecule has 0 aromatic heterocycles. The van der Waals surface area contributed by atoms with Crippen LogP contribution in [-0.4, -0.2) is 40.0 Å². The molecular formula is H8FeO5Si4. The Morgan fingerprint density at radius 2 is 0.800 bits per heavy atom. The van der Waals surface area contributed by atoms with Crippen molar-refractivity contribution in [2.24, 2.45) is 0 Å². The molecule has 10 heavy (non-hydrogen) atoms. The second kappa shape index (κ2) is 10.2. The van der Waals surface area contributed by atoms with Crippen molar-refractivity contribution in [3.8, 4) is 0 Å². The van der Waals surface area contributed by atoms with Crippen molar-refractivity contribution < 1.29 is 39.0 Å². The fourth-order valence-corrected chi connectivity index (χ4v) is 7.59.